The number of rotatable bonds is 8. The molecule has 134 valence electrons. The fourth-order valence-electron chi connectivity index (χ4n) is 3.91. The zero-order chi connectivity index (χ0) is 17.6. The molecule has 1 aliphatic rings. The van der Waals surface area contributed by atoms with Gasteiger partial charge in [-0.3, -0.25) is 4.99 Å². The zero-order valence-electron chi connectivity index (χ0n) is 16.4. The molecular weight excluding hydrogens is 292 g/mol. The number of aliphatic imine (C=N–C) groups is 1. The lowest BCUT2D eigenvalue weighted by molar-refractivity contribution is 0.229. The molecular formula is C22H36N2. The summed E-state index contributed by atoms with van der Waals surface area (Å²) in [5, 5.41) is 0. The van der Waals surface area contributed by atoms with Crippen molar-refractivity contribution < 1.29 is 0 Å². The second-order valence-corrected chi connectivity index (χ2v) is 7.55. The lowest BCUT2D eigenvalue weighted by Gasteiger charge is -2.30. The van der Waals surface area contributed by atoms with Crippen LogP contribution in [0.5, 0.6) is 0 Å². The van der Waals surface area contributed by atoms with Crippen LogP contribution in [0, 0.1) is 5.41 Å². The average Bonchev–Trinajstić information content (AvgIpc) is 3.02. The first-order valence-electron chi connectivity index (χ1n) is 9.90. The molecule has 0 aliphatic carbocycles. The second kappa shape index (κ2) is 8.69. The van der Waals surface area contributed by atoms with Crippen molar-refractivity contribution in [1.29, 1.82) is 0 Å². The predicted molar refractivity (Wildman–Crippen MR) is 106 cm³/mol. The van der Waals surface area contributed by atoms with Crippen molar-refractivity contribution in [3.8, 4) is 0 Å². The number of amidine groups is 1. The van der Waals surface area contributed by atoms with Gasteiger partial charge in [0.15, 0.2) is 0 Å². The largest absolute Gasteiger partial charge is 0.363 e. The molecule has 0 saturated carbocycles. The second-order valence-electron chi connectivity index (χ2n) is 7.55. The van der Waals surface area contributed by atoms with E-state index in [1.54, 1.807) is 0 Å². The number of likely N-dealkylation sites (tertiary alicyclic amines) is 1. The molecule has 0 amide bonds. The van der Waals surface area contributed by atoms with Crippen molar-refractivity contribution in [2.75, 3.05) is 13.6 Å². The van der Waals surface area contributed by atoms with Crippen LogP contribution in [0.15, 0.2) is 29.3 Å². The molecule has 1 unspecified atom stereocenters. The van der Waals surface area contributed by atoms with Crippen molar-refractivity contribution in [2.45, 2.75) is 78.7 Å². The summed E-state index contributed by atoms with van der Waals surface area (Å²) in [6.07, 6.45) is 8.75. The van der Waals surface area contributed by atoms with E-state index in [2.05, 4.69) is 63.9 Å². The number of hydrogen-bond acceptors (Lipinski definition) is 1. The minimum atomic E-state index is 0.260. The number of hydrogen-bond donors (Lipinski definition) is 0. The van der Waals surface area contributed by atoms with Gasteiger partial charge in [-0.15, -0.1) is 0 Å². The lowest BCUT2D eigenvalue weighted by atomic mass is 9.75. The highest BCUT2D eigenvalue weighted by Crippen LogP contribution is 2.35. The molecule has 0 aromatic heterocycles. The van der Waals surface area contributed by atoms with Crippen LogP contribution in [0.4, 0.5) is 0 Å². The highest BCUT2D eigenvalue weighted by atomic mass is 15.2. The molecule has 2 heteroatoms. The zero-order valence-corrected chi connectivity index (χ0v) is 16.4. The third-order valence-electron chi connectivity index (χ3n) is 6.33. The van der Waals surface area contributed by atoms with Crippen LogP contribution in [0.1, 0.15) is 83.4 Å². The molecule has 2 nitrogen and oxygen atoms in total. The molecule has 0 radical (unpaired) electrons. The van der Waals surface area contributed by atoms with Gasteiger partial charge in [0, 0.05) is 20.0 Å². The minimum absolute atomic E-state index is 0.260. The minimum Gasteiger partial charge on any atom is -0.363 e. The van der Waals surface area contributed by atoms with Crippen LogP contribution >= 0.6 is 0 Å². The predicted octanol–water partition coefficient (Wildman–Crippen LogP) is 6.02. The molecule has 1 atom stereocenters. The fourth-order valence-corrected chi connectivity index (χ4v) is 3.91. The van der Waals surface area contributed by atoms with E-state index in [1.165, 1.54) is 55.5 Å². The van der Waals surface area contributed by atoms with Crippen molar-refractivity contribution in [2.24, 2.45) is 10.4 Å². The van der Waals surface area contributed by atoms with E-state index in [4.69, 9.17) is 4.99 Å². The summed E-state index contributed by atoms with van der Waals surface area (Å²) in [6, 6.07) is 9.46. The average molecular weight is 329 g/mol. The van der Waals surface area contributed by atoms with Crippen molar-refractivity contribution >= 4 is 5.84 Å². The van der Waals surface area contributed by atoms with E-state index in [9.17, 15) is 0 Å². The Morgan fingerprint density at radius 2 is 1.71 bits per heavy atom. The van der Waals surface area contributed by atoms with E-state index in [1.807, 2.05) is 0 Å². The van der Waals surface area contributed by atoms with Crippen LogP contribution in [-0.4, -0.2) is 24.3 Å². The van der Waals surface area contributed by atoms with Crippen LogP contribution in [-0.2, 0) is 6.42 Å². The Morgan fingerprint density at radius 1 is 1.08 bits per heavy atom. The maximum absolute atomic E-state index is 4.92. The van der Waals surface area contributed by atoms with Gasteiger partial charge in [-0.2, -0.15) is 0 Å². The molecule has 1 saturated heterocycles. The Hall–Kier alpha value is -1.31. The molecule has 24 heavy (non-hydrogen) atoms. The monoisotopic (exact) mass is 328 g/mol. The summed E-state index contributed by atoms with van der Waals surface area (Å²) in [6.45, 7) is 10.4. The summed E-state index contributed by atoms with van der Waals surface area (Å²) < 4.78 is 0. The van der Waals surface area contributed by atoms with Gasteiger partial charge in [-0.25, -0.2) is 0 Å². The molecule has 1 aliphatic heterocycles. The number of aryl methyl sites for hydroxylation is 1. The molecule has 0 bridgehead atoms. The topological polar surface area (TPSA) is 15.6 Å². The highest BCUT2D eigenvalue weighted by molar-refractivity contribution is 5.84. The van der Waals surface area contributed by atoms with Crippen LogP contribution in [0.2, 0.25) is 0 Å². The van der Waals surface area contributed by atoms with E-state index >= 15 is 0 Å². The molecule has 1 aromatic rings. The molecule has 0 N–H and O–H groups in total. The summed E-state index contributed by atoms with van der Waals surface area (Å²) in [5.74, 6) is 1.27. The van der Waals surface area contributed by atoms with Crippen LogP contribution in [0.25, 0.3) is 0 Å². The molecule has 0 spiro atoms. The number of benzene rings is 1. The van der Waals surface area contributed by atoms with Gasteiger partial charge in [-0.1, -0.05) is 64.3 Å². The maximum Gasteiger partial charge on any atom is 0.0994 e. The van der Waals surface area contributed by atoms with E-state index in [0.29, 0.717) is 5.41 Å². The Kier molecular flexibility index (Phi) is 6.89. The van der Waals surface area contributed by atoms with Gasteiger partial charge in [-0.05, 0) is 42.7 Å². The Bertz CT molecular complexity index is 517. The third kappa shape index (κ3) is 4.62. The Balaban J connectivity index is 1.97. The molecule has 1 fully saturated rings. The molecule has 2 rings (SSSR count). The van der Waals surface area contributed by atoms with Crippen molar-refractivity contribution in [3.63, 3.8) is 0 Å². The highest BCUT2D eigenvalue weighted by Gasteiger charge is 2.23. The smallest absolute Gasteiger partial charge is 0.0994 e. The maximum atomic E-state index is 4.92. The van der Waals surface area contributed by atoms with Gasteiger partial charge in [0.1, 0.15) is 0 Å². The van der Waals surface area contributed by atoms with Gasteiger partial charge < -0.3 is 4.90 Å². The van der Waals surface area contributed by atoms with Gasteiger partial charge >= 0.3 is 0 Å². The summed E-state index contributed by atoms with van der Waals surface area (Å²) >= 11 is 0. The van der Waals surface area contributed by atoms with E-state index in [-0.39, 0.29) is 6.04 Å². The summed E-state index contributed by atoms with van der Waals surface area (Å²) in [5.41, 5.74) is 3.33. The summed E-state index contributed by atoms with van der Waals surface area (Å²) in [4.78, 5) is 7.22. The first-order valence-corrected chi connectivity index (χ1v) is 9.90. The Labute approximate surface area is 149 Å². The first kappa shape index (κ1) is 19.0. The van der Waals surface area contributed by atoms with Gasteiger partial charge in [0.2, 0.25) is 0 Å². The first-order chi connectivity index (χ1) is 11.5. The SMILES string of the molecule is CCC(CC)(CC)CCc1ccc(C(C)N=C2CCCN2C)cc1. The van der Waals surface area contributed by atoms with Crippen LogP contribution < -0.4 is 0 Å². The normalized spacial score (nSPS) is 18.4. The molecule has 1 aromatic carbocycles. The Morgan fingerprint density at radius 3 is 2.21 bits per heavy atom. The van der Waals surface area contributed by atoms with Gasteiger partial charge in [0.25, 0.3) is 0 Å². The van der Waals surface area contributed by atoms with Crippen molar-refractivity contribution in [1.82, 2.24) is 4.90 Å². The van der Waals surface area contributed by atoms with E-state index < -0.39 is 0 Å². The standard InChI is InChI=1S/C22H36N2/c1-6-22(7-2,8-3)16-15-19-11-13-20(14-12-19)18(4)23-21-10-9-17-24(21)5/h11-14,18H,6-10,15-17H2,1-5H3. The van der Waals surface area contributed by atoms with Gasteiger partial charge in [0.05, 0.1) is 11.9 Å². The quantitative estimate of drug-likeness (QED) is 0.569. The third-order valence-corrected chi connectivity index (χ3v) is 6.33. The van der Waals surface area contributed by atoms with Crippen molar-refractivity contribution in [3.05, 3.63) is 35.4 Å². The number of nitrogens with zero attached hydrogens (tertiary/aromatic N) is 2. The molecule has 1 heterocycles. The van der Waals surface area contributed by atoms with Crippen LogP contribution in [0.3, 0.4) is 0 Å². The van der Waals surface area contributed by atoms with E-state index in [0.717, 1.165) is 13.0 Å². The fraction of sp³-hybridized carbons (Fsp3) is 0.682. The lowest BCUT2D eigenvalue weighted by Crippen LogP contribution is -2.19. The summed E-state index contributed by atoms with van der Waals surface area (Å²) in [7, 11) is 2.16.